The molecule has 0 bridgehead atoms. The van der Waals surface area contributed by atoms with Gasteiger partial charge >= 0.3 is 0 Å². The van der Waals surface area contributed by atoms with Crippen molar-refractivity contribution < 1.29 is 0 Å². The fraction of sp³-hybridized carbons (Fsp3) is 0.938. The molecule has 2 aliphatic carbocycles. The predicted molar refractivity (Wildman–Crippen MR) is 84.8 cm³/mol. The van der Waals surface area contributed by atoms with Crippen molar-refractivity contribution >= 4 is 16.9 Å². The highest BCUT2D eigenvalue weighted by Crippen LogP contribution is 2.39. The molecule has 0 amide bonds. The van der Waals surface area contributed by atoms with Crippen molar-refractivity contribution in [1.82, 2.24) is 5.32 Å². The first-order valence-corrected chi connectivity index (χ1v) is 9.16. The molecule has 1 saturated heterocycles. The fourth-order valence-corrected chi connectivity index (χ4v) is 4.95. The van der Waals surface area contributed by atoms with Gasteiger partial charge in [-0.25, -0.2) is 0 Å². The zero-order chi connectivity index (χ0) is 13.3. The summed E-state index contributed by atoms with van der Waals surface area (Å²) in [6.07, 6.45) is 10.9. The van der Waals surface area contributed by atoms with Crippen LogP contribution >= 0.6 is 11.8 Å². The molecule has 2 saturated carbocycles. The Balaban J connectivity index is 1.60. The molecular formula is C16H28N2S. The Morgan fingerprint density at radius 1 is 1.42 bits per heavy atom. The molecule has 1 aliphatic heterocycles. The number of nitrogens with one attached hydrogen (secondary N) is 1. The first-order valence-electron chi connectivity index (χ1n) is 8.18. The lowest BCUT2D eigenvalue weighted by Gasteiger charge is -2.36. The highest BCUT2D eigenvalue weighted by Gasteiger charge is 2.40. The smallest absolute Gasteiger partial charge is 0.157 e. The molecule has 0 aromatic rings. The van der Waals surface area contributed by atoms with Gasteiger partial charge in [0.25, 0.3) is 0 Å². The number of hydrogen-bond acceptors (Lipinski definition) is 2. The Kier molecular flexibility index (Phi) is 4.11. The topological polar surface area (TPSA) is 24.4 Å². The summed E-state index contributed by atoms with van der Waals surface area (Å²) < 4.78 is 0. The molecule has 0 aromatic heterocycles. The maximum atomic E-state index is 5.02. The third kappa shape index (κ3) is 3.48. The van der Waals surface area contributed by atoms with Gasteiger partial charge in [-0.05, 0) is 37.5 Å². The van der Waals surface area contributed by atoms with E-state index in [1.54, 1.807) is 0 Å². The van der Waals surface area contributed by atoms with E-state index in [1.807, 2.05) is 11.8 Å². The van der Waals surface area contributed by atoms with Crippen molar-refractivity contribution in [2.24, 2.45) is 16.8 Å². The summed E-state index contributed by atoms with van der Waals surface area (Å²) in [5.41, 5.74) is 0.388. The van der Waals surface area contributed by atoms with E-state index in [-0.39, 0.29) is 0 Å². The van der Waals surface area contributed by atoms with Crippen molar-refractivity contribution in [2.75, 3.05) is 5.75 Å². The van der Waals surface area contributed by atoms with E-state index < -0.39 is 0 Å². The van der Waals surface area contributed by atoms with Gasteiger partial charge in [0.2, 0.25) is 0 Å². The first-order chi connectivity index (χ1) is 9.19. The van der Waals surface area contributed by atoms with Gasteiger partial charge in [0.1, 0.15) is 0 Å². The summed E-state index contributed by atoms with van der Waals surface area (Å²) in [5.74, 6) is 3.12. The van der Waals surface area contributed by atoms with Crippen molar-refractivity contribution in [3.8, 4) is 0 Å². The molecule has 0 aromatic carbocycles. The number of rotatable bonds is 4. The Morgan fingerprint density at radius 3 is 2.95 bits per heavy atom. The Hall–Kier alpha value is -0.180. The van der Waals surface area contributed by atoms with Gasteiger partial charge in [0, 0.05) is 11.3 Å². The van der Waals surface area contributed by atoms with Gasteiger partial charge in [-0.15, -0.1) is 0 Å². The highest BCUT2D eigenvalue weighted by atomic mass is 32.2. The van der Waals surface area contributed by atoms with Crippen LogP contribution in [0.15, 0.2) is 4.99 Å². The molecule has 3 unspecified atom stereocenters. The zero-order valence-electron chi connectivity index (χ0n) is 12.5. The van der Waals surface area contributed by atoms with Crippen LogP contribution in [-0.2, 0) is 0 Å². The summed E-state index contributed by atoms with van der Waals surface area (Å²) in [6.45, 7) is 4.69. The average molecular weight is 280 g/mol. The van der Waals surface area contributed by atoms with E-state index in [1.165, 1.54) is 62.3 Å². The van der Waals surface area contributed by atoms with Crippen LogP contribution in [0.25, 0.3) is 0 Å². The maximum Gasteiger partial charge on any atom is 0.157 e. The Bertz CT molecular complexity index is 351. The van der Waals surface area contributed by atoms with Crippen LogP contribution in [0.2, 0.25) is 0 Å². The number of nitrogens with zero attached hydrogens (tertiary/aromatic N) is 1. The number of amidine groups is 1. The molecule has 3 rings (SSSR count). The van der Waals surface area contributed by atoms with E-state index in [2.05, 4.69) is 19.2 Å². The van der Waals surface area contributed by atoms with E-state index in [0.717, 1.165) is 11.8 Å². The highest BCUT2D eigenvalue weighted by molar-refractivity contribution is 8.14. The standard InChI is InChI=1S/C16H28N2S/c1-3-14(9-13-6-7-13)17-15-18-16(11-19-15)8-4-5-12(2)10-16/h12-14H,3-11H2,1-2H3,(H,17,18). The van der Waals surface area contributed by atoms with Crippen LogP contribution < -0.4 is 5.32 Å². The molecule has 3 fully saturated rings. The van der Waals surface area contributed by atoms with Crippen LogP contribution in [0.4, 0.5) is 0 Å². The minimum atomic E-state index is 0.388. The summed E-state index contributed by atoms with van der Waals surface area (Å²) >= 11 is 1.98. The zero-order valence-corrected chi connectivity index (χ0v) is 13.3. The molecule has 1 N–H and O–H groups in total. The van der Waals surface area contributed by atoms with E-state index in [9.17, 15) is 0 Å². The van der Waals surface area contributed by atoms with Gasteiger partial charge in [0.05, 0.1) is 6.04 Å². The average Bonchev–Trinajstić information content (AvgIpc) is 3.12. The predicted octanol–water partition coefficient (Wildman–Crippen LogP) is 4.21. The SMILES string of the molecule is CCC(CC1CC1)N=C1NC2(CCCC(C)C2)CS1. The third-order valence-corrected chi connectivity index (χ3v) is 6.20. The third-order valence-electron chi connectivity index (χ3n) is 5.02. The molecule has 108 valence electrons. The first kappa shape index (κ1) is 13.8. The maximum absolute atomic E-state index is 5.02. The van der Waals surface area contributed by atoms with E-state index in [4.69, 9.17) is 4.99 Å². The molecule has 2 nitrogen and oxygen atoms in total. The summed E-state index contributed by atoms with van der Waals surface area (Å²) in [5, 5.41) is 5.06. The molecule has 19 heavy (non-hydrogen) atoms. The van der Waals surface area contributed by atoms with Gasteiger partial charge in [-0.3, -0.25) is 4.99 Å². The molecule has 3 aliphatic rings. The van der Waals surface area contributed by atoms with E-state index >= 15 is 0 Å². The van der Waals surface area contributed by atoms with Gasteiger partial charge in [0.15, 0.2) is 5.17 Å². The molecule has 1 spiro atoms. The van der Waals surface area contributed by atoms with Crippen molar-refractivity contribution in [3.05, 3.63) is 0 Å². The van der Waals surface area contributed by atoms with Crippen LogP contribution in [-0.4, -0.2) is 22.5 Å². The summed E-state index contributed by atoms with van der Waals surface area (Å²) in [6, 6.07) is 0.568. The van der Waals surface area contributed by atoms with Crippen molar-refractivity contribution in [2.45, 2.75) is 76.8 Å². The quantitative estimate of drug-likeness (QED) is 0.834. The van der Waals surface area contributed by atoms with Crippen LogP contribution in [0, 0.1) is 11.8 Å². The van der Waals surface area contributed by atoms with E-state index in [0.29, 0.717) is 11.6 Å². The number of hydrogen-bond donors (Lipinski definition) is 1. The molecule has 3 heteroatoms. The minimum absolute atomic E-state index is 0.388. The number of thioether (sulfide) groups is 1. The van der Waals surface area contributed by atoms with Crippen LogP contribution in [0.3, 0.4) is 0 Å². The lowest BCUT2D eigenvalue weighted by molar-refractivity contribution is 0.242. The second-order valence-corrected chi connectivity index (χ2v) is 8.03. The van der Waals surface area contributed by atoms with Gasteiger partial charge < -0.3 is 5.32 Å². The Morgan fingerprint density at radius 2 is 2.26 bits per heavy atom. The van der Waals surface area contributed by atoms with Gasteiger partial charge in [-0.1, -0.05) is 51.3 Å². The van der Waals surface area contributed by atoms with Crippen LogP contribution in [0.1, 0.15) is 65.2 Å². The Labute approximate surface area is 122 Å². The second-order valence-electron chi connectivity index (χ2n) is 7.07. The number of aliphatic imine (C=N–C) groups is 1. The molecule has 0 radical (unpaired) electrons. The fourth-order valence-electron chi connectivity index (χ4n) is 3.69. The molecular weight excluding hydrogens is 252 g/mol. The summed E-state index contributed by atoms with van der Waals surface area (Å²) in [7, 11) is 0. The van der Waals surface area contributed by atoms with Gasteiger partial charge in [-0.2, -0.15) is 0 Å². The lowest BCUT2D eigenvalue weighted by atomic mass is 9.78. The lowest BCUT2D eigenvalue weighted by Crippen LogP contribution is -2.47. The normalized spacial score (nSPS) is 38.6. The van der Waals surface area contributed by atoms with Crippen LogP contribution in [0.5, 0.6) is 0 Å². The van der Waals surface area contributed by atoms with Crippen molar-refractivity contribution in [3.63, 3.8) is 0 Å². The molecule has 1 heterocycles. The molecule has 3 atom stereocenters. The minimum Gasteiger partial charge on any atom is -0.359 e. The largest absolute Gasteiger partial charge is 0.359 e. The second kappa shape index (κ2) is 5.67. The van der Waals surface area contributed by atoms with Crippen molar-refractivity contribution in [1.29, 1.82) is 0 Å². The summed E-state index contributed by atoms with van der Waals surface area (Å²) in [4.78, 5) is 5.02. The monoisotopic (exact) mass is 280 g/mol.